The zero-order valence-electron chi connectivity index (χ0n) is 10.7. The summed E-state index contributed by atoms with van der Waals surface area (Å²) in [6.07, 6.45) is 1.02. The highest BCUT2D eigenvalue weighted by Crippen LogP contribution is 2.20. The normalized spacial score (nSPS) is 13.4. The van der Waals surface area contributed by atoms with E-state index in [2.05, 4.69) is 26.1 Å². The van der Waals surface area contributed by atoms with E-state index in [4.69, 9.17) is 0 Å². The lowest BCUT2D eigenvalue weighted by Crippen LogP contribution is -2.35. The van der Waals surface area contributed by atoms with Crippen molar-refractivity contribution in [2.75, 3.05) is 6.54 Å². The summed E-state index contributed by atoms with van der Waals surface area (Å²) in [4.78, 5) is 11.2. The molecule has 3 heteroatoms. The Labute approximate surface area is 103 Å². The van der Waals surface area contributed by atoms with Gasteiger partial charge in [0.1, 0.15) is 6.04 Å². The first-order valence-electron chi connectivity index (χ1n) is 5.97. The van der Waals surface area contributed by atoms with E-state index in [-0.39, 0.29) is 5.41 Å². The lowest BCUT2D eigenvalue weighted by molar-refractivity contribution is -0.139. The van der Waals surface area contributed by atoms with Gasteiger partial charge in [-0.2, -0.15) is 0 Å². The third-order valence-corrected chi connectivity index (χ3v) is 3.12. The van der Waals surface area contributed by atoms with Crippen LogP contribution in [0.2, 0.25) is 0 Å². The van der Waals surface area contributed by atoms with E-state index in [1.54, 1.807) is 0 Å². The smallest absolute Gasteiger partial charge is 0.325 e. The highest BCUT2D eigenvalue weighted by Gasteiger charge is 2.22. The Kier molecular flexibility index (Phi) is 4.70. The molecule has 94 valence electrons. The summed E-state index contributed by atoms with van der Waals surface area (Å²) in [5, 5.41) is 12.4. The van der Waals surface area contributed by atoms with E-state index in [1.165, 1.54) is 0 Å². The van der Waals surface area contributed by atoms with Crippen molar-refractivity contribution in [2.45, 2.75) is 33.2 Å². The van der Waals surface area contributed by atoms with Crippen LogP contribution in [0.1, 0.15) is 38.8 Å². The number of carboxylic acid groups (broad SMARTS) is 1. The van der Waals surface area contributed by atoms with Crippen molar-refractivity contribution < 1.29 is 9.90 Å². The van der Waals surface area contributed by atoms with E-state index >= 15 is 0 Å². The largest absolute Gasteiger partial charge is 0.480 e. The maximum absolute atomic E-state index is 11.2. The van der Waals surface area contributed by atoms with Crippen molar-refractivity contribution in [1.29, 1.82) is 0 Å². The van der Waals surface area contributed by atoms with Crippen LogP contribution >= 0.6 is 0 Å². The first kappa shape index (κ1) is 13.7. The van der Waals surface area contributed by atoms with Gasteiger partial charge in [-0.05, 0) is 17.4 Å². The van der Waals surface area contributed by atoms with Crippen molar-refractivity contribution in [3.8, 4) is 0 Å². The molecule has 0 amide bonds. The zero-order chi connectivity index (χ0) is 12.9. The van der Waals surface area contributed by atoms with E-state index in [0.717, 1.165) is 12.0 Å². The highest BCUT2D eigenvalue weighted by molar-refractivity contribution is 5.75. The Bertz CT molecular complexity index is 360. The predicted octanol–water partition coefficient (Wildman–Crippen LogP) is 2.84. The van der Waals surface area contributed by atoms with Gasteiger partial charge in [0.05, 0.1) is 0 Å². The summed E-state index contributed by atoms with van der Waals surface area (Å²) in [5.41, 5.74) is 0.912. The molecular weight excluding hydrogens is 214 g/mol. The highest BCUT2D eigenvalue weighted by atomic mass is 16.4. The van der Waals surface area contributed by atoms with Gasteiger partial charge in [-0.1, -0.05) is 51.1 Å². The predicted molar refractivity (Wildman–Crippen MR) is 68.9 cm³/mol. The molecule has 1 unspecified atom stereocenters. The molecule has 0 saturated heterocycles. The van der Waals surface area contributed by atoms with E-state index in [9.17, 15) is 9.90 Å². The lowest BCUT2D eigenvalue weighted by atomic mass is 9.90. The second kappa shape index (κ2) is 5.82. The summed E-state index contributed by atoms with van der Waals surface area (Å²) in [5.74, 6) is -0.830. The Balaban J connectivity index is 2.72. The standard InChI is InChI=1S/C14H21NO2/c1-4-14(2,3)10-15-12(13(16)17)11-8-6-5-7-9-11/h5-9,12,15H,4,10H2,1-3H3,(H,16,17). The average Bonchev–Trinajstić information content (AvgIpc) is 2.30. The summed E-state index contributed by atoms with van der Waals surface area (Å²) in [7, 11) is 0. The molecule has 0 heterocycles. The Morgan fingerprint density at radius 1 is 1.35 bits per heavy atom. The van der Waals surface area contributed by atoms with Gasteiger partial charge < -0.3 is 10.4 Å². The number of rotatable bonds is 6. The van der Waals surface area contributed by atoms with E-state index in [1.807, 2.05) is 30.3 Å². The number of benzene rings is 1. The van der Waals surface area contributed by atoms with Gasteiger partial charge in [0.15, 0.2) is 0 Å². The Morgan fingerprint density at radius 2 is 1.94 bits per heavy atom. The third-order valence-electron chi connectivity index (χ3n) is 3.12. The number of aliphatic carboxylic acids is 1. The van der Waals surface area contributed by atoms with Crippen molar-refractivity contribution in [3.05, 3.63) is 35.9 Å². The minimum absolute atomic E-state index is 0.114. The molecule has 0 spiro atoms. The number of carboxylic acids is 1. The first-order chi connectivity index (χ1) is 7.96. The van der Waals surface area contributed by atoms with Crippen LogP contribution in [0.3, 0.4) is 0 Å². The quantitative estimate of drug-likeness (QED) is 0.797. The SMILES string of the molecule is CCC(C)(C)CNC(C(=O)O)c1ccccc1. The summed E-state index contributed by atoms with van der Waals surface area (Å²) in [6.45, 7) is 7.06. The van der Waals surface area contributed by atoms with Gasteiger partial charge in [-0.15, -0.1) is 0 Å². The first-order valence-corrected chi connectivity index (χ1v) is 5.97. The minimum Gasteiger partial charge on any atom is -0.480 e. The van der Waals surface area contributed by atoms with Crippen LogP contribution in [0, 0.1) is 5.41 Å². The van der Waals surface area contributed by atoms with Crippen LogP contribution in [0.15, 0.2) is 30.3 Å². The second-order valence-electron chi connectivity index (χ2n) is 5.08. The molecule has 0 aliphatic carbocycles. The number of hydrogen-bond acceptors (Lipinski definition) is 2. The van der Waals surface area contributed by atoms with Gasteiger partial charge in [-0.3, -0.25) is 4.79 Å². The number of carbonyl (C=O) groups is 1. The second-order valence-corrected chi connectivity index (χ2v) is 5.08. The summed E-state index contributed by atoms with van der Waals surface area (Å²) < 4.78 is 0. The summed E-state index contributed by atoms with van der Waals surface area (Å²) >= 11 is 0. The molecule has 2 N–H and O–H groups in total. The molecule has 0 aliphatic heterocycles. The lowest BCUT2D eigenvalue weighted by Gasteiger charge is -2.25. The van der Waals surface area contributed by atoms with Gasteiger partial charge in [0.25, 0.3) is 0 Å². The molecule has 0 radical (unpaired) electrons. The van der Waals surface area contributed by atoms with E-state index < -0.39 is 12.0 Å². The summed E-state index contributed by atoms with van der Waals surface area (Å²) in [6, 6.07) is 8.66. The molecule has 1 aromatic rings. The van der Waals surface area contributed by atoms with Crippen LogP contribution in [0.4, 0.5) is 0 Å². The number of hydrogen-bond donors (Lipinski definition) is 2. The van der Waals surface area contributed by atoms with Crippen LogP contribution in [-0.2, 0) is 4.79 Å². The van der Waals surface area contributed by atoms with Crippen LogP contribution in [0.25, 0.3) is 0 Å². The number of nitrogens with one attached hydrogen (secondary N) is 1. The Hall–Kier alpha value is -1.35. The van der Waals surface area contributed by atoms with Gasteiger partial charge in [0, 0.05) is 6.54 Å². The molecule has 3 nitrogen and oxygen atoms in total. The van der Waals surface area contributed by atoms with Crippen molar-refractivity contribution in [3.63, 3.8) is 0 Å². The molecule has 0 aromatic heterocycles. The van der Waals surface area contributed by atoms with Crippen molar-refractivity contribution in [2.24, 2.45) is 5.41 Å². The fourth-order valence-electron chi connectivity index (χ4n) is 1.50. The van der Waals surface area contributed by atoms with Crippen molar-refractivity contribution >= 4 is 5.97 Å². The molecule has 1 rings (SSSR count). The van der Waals surface area contributed by atoms with Crippen LogP contribution in [0.5, 0.6) is 0 Å². The fourth-order valence-corrected chi connectivity index (χ4v) is 1.50. The fraction of sp³-hybridized carbons (Fsp3) is 0.500. The molecule has 0 fully saturated rings. The Morgan fingerprint density at radius 3 is 2.41 bits per heavy atom. The maximum atomic E-state index is 11.2. The molecule has 1 aromatic carbocycles. The van der Waals surface area contributed by atoms with E-state index in [0.29, 0.717) is 6.54 Å². The van der Waals surface area contributed by atoms with Gasteiger partial charge in [-0.25, -0.2) is 0 Å². The molecular formula is C14H21NO2. The van der Waals surface area contributed by atoms with Crippen molar-refractivity contribution in [1.82, 2.24) is 5.32 Å². The topological polar surface area (TPSA) is 49.3 Å². The molecule has 17 heavy (non-hydrogen) atoms. The molecule has 0 aliphatic rings. The van der Waals surface area contributed by atoms with Crippen LogP contribution < -0.4 is 5.32 Å². The van der Waals surface area contributed by atoms with Crippen LogP contribution in [-0.4, -0.2) is 17.6 Å². The minimum atomic E-state index is -0.830. The van der Waals surface area contributed by atoms with Gasteiger partial charge >= 0.3 is 5.97 Å². The molecule has 1 atom stereocenters. The monoisotopic (exact) mass is 235 g/mol. The zero-order valence-corrected chi connectivity index (χ0v) is 10.7. The van der Waals surface area contributed by atoms with Gasteiger partial charge in [0.2, 0.25) is 0 Å². The molecule has 0 bridgehead atoms. The molecule has 0 saturated carbocycles. The maximum Gasteiger partial charge on any atom is 0.325 e. The third kappa shape index (κ3) is 4.19. The average molecular weight is 235 g/mol.